The van der Waals surface area contributed by atoms with E-state index in [1.54, 1.807) is 0 Å². The largest absolute Gasteiger partial charge is 0.433 e. The molecule has 3 aromatic heterocycles. The third-order valence-corrected chi connectivity index (χ3v) is 6.61. The number of carbonyl (C=O) groups is 1. The average molecular weight is 484 g/mol. The van der Waals surface area contributed by atoms with Crippen LogP contribution in [0.1, 0.15) is 50.7 Å². The molecule has 3 heterocycles. The quantitative estimate of drug-likeness (QED) is 0.562. The van der Waals surface area contributed by atoms with Gasteiger partial charge in [-0.1, -0.05) is 0 Å². The number of nitrogens with one attached hydrogen (secondary N) is 1. The van der Waals surface area contributed by atoms with Gasteiger partial charge in [-0.3, -0.25) is 4.79 Å². The van der Waals surface area contributed by atoms with Gasteiger partial charge in [-0.25, -0.2) is 9.50 Å². The number of nitrogens with zero attached hydrogens (tertiary/aromatic N) is 4. The molecule has 6 nitrogen and oxygen atoms in total. The highest BCUT2D eigenvalue weighted by atomic mass is 79.9. The highest BCUT2D eigenvalue weighted by Gasteiger charge is 2.36. The molecule has 29 heavy (non-hydrogen) atoms. The highest BCUT2D eigenvalue weighted by molar-refractivity contribution is 9.10. The first-order valence-corrected chi connectivity index (χ1v) is 10.3. The van der Waals surface area contributed by atoms with Gasteiger partial charge < -0.3 is 5.32 Å². The Balaban J connectivity index is 1.76. The molecule has 0 radical (unpaired) electrons. The summed E-state index contributed by atoms with van der Waals surface area (Å²) in [4.78, 5) is 17.9. The lowest BCUT2D eigenvalue weighted by atomic mass is 9.96. The lowest BCUT2D eigenvalue weighted by molar-refractivity contribution is -0.142. The summed E-state index contributed by atoms with van der Waals surface area (Å²) in [6.45, 7) is 1.43. The molecule has 1 aliphatic rings. The minimum Gasteiger partial charge on any atom is -0.311 e. The second-order valence-corrected chi connectivity index (χ2v) is 8.56. The Kier molecular flexibility index (Phi) is 4.86. The standard InChI is InChI=1S/C18H13BrF3N5OS/c1-8-6-12(18(20,21)22)27-15(24-8)13(19)14(26-27)16(28)25-17-10(7-23)9-4-2-3-5-11(9)29-17/h6H,2-5H2,1H3,(H,25,28). The van der Waals surface area contributed by atoms with Gasteiger partial charge in [-0.2, -0.15) is 23.5 Å². The van der Waals surface area contributed by atoms with Crippen LogP contribution >= 0.6 is 27.3 Å². The van der Waals surface area contributed by atoms with Crippen molar-refractivity contribution in [3.05, 3.63) is 43.6 Å². The van der Waals surface area contributed by atoms with Crippen molar-refractivity contribution in [3.8, 4) is 6.07 Å². The van der Waals surface area contributed by atoms with Crippen LogP contribution in [0.15, 0.2) is 10.5 Å². The number of halogens is 4. The van der Waals surface area contributed by atoms with Crippen molar-refractivity contribution in [2.45, 2.75) is 38.8 Å². The van der Waals surface area contributed by atoms with Crippen LogP contribution in [0.3, 0.4) is 0 Å². The summed E-state index contributed by atoms with van der Waals surface area (Å²) in [5.41, 5.74) is 0.157. The van der Waals surface area contributed by atoms with Crippen molar-refractivity contribution in [1.29, 1.82) is 5.26 Å². The highest BCUT2D eigenvalue weighted by Crippen LogP contribution is 2.38. The van der Waals surface area contributed by atoms with E-state index in [-0.39, 0.29) is 21.5 Å². The predicted molar refractivity (Wildman–Crippen MR) is 104 cm³/mol. The number of anilines is 1. The SMILES string of the molecule is Cc1cc(C(F)(F)F)n2nc(C(=O)Nc3sc4c(c3C#N)CCCC4)c(Br)c2n1. The Morgan fingerprint density at radius 2 is 2.10 bits per heavy atom. The van der Waals surface area contributed by atoms with Gasteiger partial charge in [0.2, 0.25) is 0 Å². The van der Waals surface area contributed by atoms with Gasteiger partial charge in [0.05, 0.1) is 10.0 Å². The van der Waals surface area contributed by atoms with E-state index in [0.29, 0.717) is 15.1 Å². The van der Waals surface area contributed by atoms with Crippen LogP contribution in [0.2, 0.25) is 0 Å². The Labute approximate surface area is 175 Å². The Hall–Kier alpha value is -2.45. The van der Waals surface area contributed by atoms with E-state index < -0.39 is 17.8 Å². The third kappa shape index (κ3) is 3.40. The molecule has 0 aromatic carbocycles. The fourth-order valence-electron chi connectivity index (χ4n) is 3.39. The van der Waals surface area contributed by atoms with Crippen molar-refractivity contribution in [2.24, 2.45) is 0 Å². The van der Waals surface area contributed by atoms with Crippen LogP contribution in [-0.4, -0.2) is 20.5 Å². The number of aromatic nitrogens is 3. The Morgan fingerprint density at radius 3 is 2.79 bits per heavy atom. The molecule has 11 heteroatoms. The smallest absolute Gasteiger partial charge is 0.311 e. The van der Waals surface area contributed by atoms with Gasteiger partial charge in [0.15, 0.2) is 11.3 Å². The first-order chi connectivity index (χ1) is 13.7. The van der Waals surface area contributed by atoms with Crippen LogP contribution in [0.25, 0.3) is 5.65 Å². The maximum absolute atomic E-state index is 13.4. The number of aryl methyl sites for hydroxylation is 2. The minimum atomic E-state index is -4.66. The van der Waals surface area contributed by atoms with E-state index in [1.807, 2.05) is 0 Å². The molecule has 0 saturated carbocycles. The zero-order chi connectivity index (χ0) is 20.9. The number of nitriles is 1. The molecule has 0 bridgehead atoms. The molecule has 1 N–H and O–H groups in total. The van der Waals surface area contributed by atoms with E-state index in [1.165, 1.54) is 18.3 Å². The monoisotopic (exact) mass is 483 g/mol. The van der Waals surface area contributed by atoms with Gasteiger partial charge in [0, 0.05) is 10.6 Å². The molecular weight excluding hydrogens is 471 g/mol. The Morgan fingerprint density at radius 1 is 1.38 bits per heavy atom. The van der Waals surface area contributed by atoms with Crippen LogP contribution in [0.5, 0.6) is 0 Å². The van der Waals surface area contributed by atoms with E-state index in [2.05, 4.69) is 37.4 Å². The Bertz CT molecular complexity index is 1190. The fraction of sp³-hybridized carbons (Fsp3) is 0.333. The van der Waals surface area contributed by atoms with E-state index in [4.69, 9.17) is 0 Å². The fourth-order valence-corrected chi connectivity index (χ4v) is 5.15. The van der Waals surface area contributed by atoms with Crippen molar-refractivity contribution >= 4 is 43.8 Å². The molecule has 1 aliphatic carbocycles. The van der Waals surface area contributed by atoms with Crippen molar-refractivity contribution in [3.63, 3.8) is 0 Å². The van der Waals surface area contributed by atoms with Crippen LogP contribution in [0, 0.1) is 18.3 Å². The molecule has 0 atom stereocenters. The van der Waals surface area contributed by atoms with Crippen molar-refractivity contribution < 1.29 is 18.0 Å². The molecule has 1 amide bonds. The number of alkyl halides is 3. The molecule has 0 fully saturated rings. The number of rotatable bonds is 2. The molecule has 0 spiro atoms. The zero-order valence-electron chi connectivity index (χ0n) is 15.0. The van der Waals surface area contributed by atoms with Gasteiger partial charge in [-0.05, 0) is 60.2 Å². The lowest BCUT2D eigenvalue weighted by Gasteiger charge is -2.09. The molecule has 4 rings (SSSR count). The van der Waals surface area contributed by atoms with Gasteiger partial charge >= 0.3 is 6.18 Å². The predicted octanol–water partition coefficient (Wildman–Crippen LogP) is 4.88. The number of carbonyl (C=O) groups excluding carboxylic acids is 1. The van der Waals surface area contributed by atoms with Gasteiger partial charge in [0.25, 0.3) is 5.91 Å². The van der Waals surface area contributed by atoms with Gasteiger partial charge in [-0.15, -0.1) is 11.3 Å². The summed E-state index contributed by atoms with van der Waals surface area (Å²) >= 11 is 4.49. The lowest BCUT2D eigenvalue weighted by Crippen LogP contribution is -2.16. The second kappa shape index (κ2) is 7.11. The average Bonchev–Trinajstić information content (AvgIpc) is 3.17. The number of hydrogen-bond acceptors (Lipinski definition) is 5. The topological polar surface area (TPSA) is 83.1 Å². The summed E-state index contributed by atoms with van der Waals surface area (Å²) in [6.07, 6.45) is -1.03. The normalized spacial score (nSPS) is 13.9. The summed E-state index contributed by atoms with van der Waals surface area (Å²) < 4.78 is 40.8. The molecule has 0 saturated heterocycles. The maximum atomic E-state index is 13.4. The summed E-state index contributed by atoms with van der Waals surface area (Å²) in [6, 6.07) is 3.01. The van der Waals surface area contributed by atoms with Crippen LogP contribution < -0.4 is 5.32 Å². The van der Waals surface area contributed by atoms with E-state index >= 15 is 0 Å². The summed E-state index contributed by atoms with van der Waals surface area (Å²) in [5, 5.41) is 16.4. The summed E-state index contributed by atoms with van der Waals surface area (Å²) in [5.74, 6) is -0.705. The van der Waals surface area contributed by atoms with Gasteiger partial charge in [0.1, 0.15) is 16.8 Å². The summed E-state index contributed by atoms with van der Waals surface area (Å²) in [7, 11) is 0. The molecule has 0 aliphatic heterocycles. The molecule has 150 valence electrons. The first-order valence-electron chi connectivity index (χ1n) is 8.69. The third-order valence-electron chi connectivity index (χ3n) is 4.68. The number of hydrogen-bond donors (Lipinski definition) is 1. The van der Waals surface area contributed by atoms with E-state index in [0.717, 1.165) is 42.2 Å². The van der Waals surface area contributed by atoms with E-state index in [9.17, 15) is 23.2 Å². The number of thiophene rings is 1. The molecule has 3 aromatic rings. The minimum absolute atomic E-state index is 0.0593. The van der Waals surface area contributed by atoms with Crippen LogP contribution in [0.4, 0.5) is 18.2 Å². The maximum Gasteiger partial charge on any atom is 0.433 e. The first kappa shape index (κ1) is 19.8. The molecular formula is C18H13BrF3N5OS. The number of fused-ring (bicyclic) bond motifs is 2. The van der Waals surface area contributed by atoms with Crippen LogP contribution in [-0.2, 0) is 19.0 Å². The zero-order valence-corrected chi connectivity index (χ0v) is 17.4. The number of amides is 1. The van der Waals surface area contributed by atoms with Crippen molar-refractivity contribution in [2.75, 3.05) is 5.32 Å². The second-order valence-electron chi connectivity index (χ2n) is 6.66. The molecule has 0 unspecified atom stereocenters. The van der Waals surface area contributed by atoms with Crippen molar-refractivity contribution in [1.82, 2.24) is 14.6 Å².